The van der Waals surface area contributed by atoms with Gasteiger partial charge in [0.2, 0.25) is 5.52 Å². The standard InChI is InChI=1S/C13H15N3O8/c17-4-8-12(19)11(18)6(13(20)23-8)3-5-1-2-7(16(21)22)10-9(5)14-24-15-10/h1-2,6,8,11-13,17-20H,3-4H2/t6?,8?,11-,12+,13?/m0/s1. The summed E-state index contributed by atoms with van der Waals surface area (Å²) in [5, 5.41) is 57.3. The van der Waals surface area contributed by atoms with E-state index in [1.54, 1.807) is 0 Å². The zero-order valence-corrected chi connectivity index (χ0v) is 12.2. The van der Waals surface area contributed by atoms with Gasteiger partial charge in [-0.25, -0.2) is 4.63 Å². The van der Waals surface area contributed by atoms with Crippen molar-refractivity contribution < 1.29 is 34.7 Å². The Morgan fingerprint density at radius 3 is 2.54 bits per heavy atom. The Labute approximate surface area is 134 Å². The minimum absolute atomic E-state index is 0.000248. The van der Waals surface area contributed by atoms with Crippen LogP contribution in [-0.4, -0.2) is 66.9 Å². The van der Waals surface area contributed by atoms with E-state index in [1.165, 1.54) is 12.1 Å². The minimum atomic E-state index is -1.44. The first-order chi connectivity index (χ1) is 11.4. The van der Waals surface area contributed by atoms with Crippen LogP contribution in [0.5, 0.6) is 0 Å². The summed E-state index contributed by atoms with van der Waals surface area (Å²) in [6.07, 6.45) is -5.29. The third-order valence-corrected chi connectivity index (χ3v) is 4.16. The smallest absolute Gasteiger partial charge is 0.300 e. The average Bonchev–Trinajstić information content (AvgIpc) is 3.04. The topological polar surface area (TPSA) is 172 Å². The maximum Gasteiger partial charge on any atom is 0.300 e. The molecule has 1 saturated heterocycles. The summed E-state index contributed by atoms with van der Waals surface area (Å²) in [6.45, 7) is -0.559. The summed E-state index contributed by atoms with van der Waals surface area (Å²) in [6, 6.07) is 2.63. The van der Waals surface area contributed by atoms with E-state index < -0.39 is 42.1 Å². The Morgan fingerprint density at radius 2 is 1.88 bits per heavy atom. The number of ether oxygens (including phenoxy) is 1. The molecule has 5 atom stereocenters. The lowest BCUT2D eigenvalue weighted by atomic mass is 9.86. The number of non-ortho nitro benzene ring substituents is 1. The van der Waals surface area contributed by atoms with Gasteiger partial charge in [-0.15, -0.1) is 0 Å². The van der Waals surface area contributed by atoms with Crippen LogP contribution < -0.4 is 0 Å². The number of nitro benzene ring substituents is 1. The molecule has 1 aliphatic heterocycles. The number of hydrogen-bond acceptors (Lipinski definition) is 10. The molecule has 2 heterocycles. The van der Waals surface area contributed by atoms with Gasteiger partial charge >= 0.3 is 5.69 Å². The predicted molar refractivity (Wildman–Crippen MR) is 75.6 cm³/mol. The van der Waals surface area contributed by atoms with Gasteiger partial charge in [-0.05, 0) is 28.4 Å². The molecular weight excluding hydrogens is 326 g/mol. The highest BCUT2D eigenvalue weighted by atomic mass is 16.6. The number of nitro groups is 1. The summed E-state index contributed by atoms with van der Waals surface area (Å²) in [4.78, 5) is 10.3. The molecule has 0 spiro atoms. The van der Waals surface area contributed by atoms with Crippen molar-refractivity contribution >= 4 is 16.7 Å². The average molecular weight is 341 g/mol. The molecule has 11 heteroatoms. The lowest BCUT2D eigenvalue weighted by Crippen LogP contribution is -2.56. The van der Waals surface area contributed by atoms with Crippen molar-refractivity contribution in [2.24, 2.45) is 5.92 Å². The quantitative estimate of drug-likeness (QED) is 0.387. The molecule has 130 valence electrons. The molecule has 0 amide bonds. The Morgan fingerprint density at radius 1 is 1.17 bits per heavy atom. The van der Waals surface area contributed by atoms with Gasteiger partial charge in [0.05, 0.1) is 17.6 Å². The first-order valence-electron chi connectivity index (χ1n) is 7.13. The SMILES string of the molecule is O=[N+]([O-])c1ccc(CC2C(O)OC(CO)[C@@H](O)[C@H]2O)c2nonc12. The van der Waals surface area contributed by atoms with Crippen LogP contribution in [-0.2, 0) is 11.2 Å². The first kappa shape index (κ1) is 16.7. The second kappa shape index (κ2) is 6.37. The number of aromatic nitrogens is 2. The fourth-order valence-electron chi connectivity index (χ4n) is 2.85. The van der Waals surface area contributed by atoms with Crippen LogP contribution in [0, 0.1) is 16.0 Å². The van der Waals surface area contributed by atoms with Crippen LogP contribution in [0.1, 0.15) is 5.56 Å². The normalized spacial score (nSPS) is 30.6. The summed E-state index contributed by atoms with van der Waals surface area (Å²) in [5.41, 5.74) is 0.226. The Bertz CT molecular complexity index is 750. The molecule has 11 nitrogen and oxygen atoms in total. The second-order valence-corrected chi connectivity index (χ2v) is 5.56. The van der Waals surface area contributed by atoms with E-state index in [4.69, 9.17) is 9.84 Å². The number of rotatable bonds is 4. The van der Waals surface area contributed by atoms with E-state index in [1.807, 2.05) is 0 Å². The fraction of sp³-hybridized carbons (Fsp3) is 0.538. The van der Waals surface area contributed by atoms with Gasteiger partial charge in [0.1, 0.15) is 17.7 Å². The van der Waals surface area contributed by atoms with E-state index in [0.29, 0.717) is 5.56 Å². The molecule has 2 aromatic rings. The van der Waals surface area contributed by atoms with Crippen LogP contribution in [0.2, 0.25) is 0 Å². The molecule has 1 fully saturated rings. The lowest BCUT2D eigenvalue weighted by molar-refractivity contribution is -0.383. The van der Waals surface area contributed by atoms with Crippen molar-refractivity contribution in [2.45, 2.75) is 31.0 Å². The zero-order chi connectivity index (χ0) is 17.4. The molecule has 3 rings (SSSR count). The maximum absolute atomic E-state index is 11.0. The minimum Gasteiger partial charge on any atom is -0.394 e. The second-order valence-electron chi connectivity index (χ2n) is 5.56. The molecule has 3 unspecified atom stereocenters. The molecule has 24 heavy (non-hydrogen) atoms. The van der Waals surface area contributed by atoms with E-state index in [9.17, 15) is 25.4 Å². The summed E-state index contributed by atoms with van der Waals surface area (Å²) < 4.78 is 9.64. The molecule has 1 aliphatic rings. The summed E-state index contributed by atoms with van der Waals surface area (Å²) in [7, 11) is 0. The van der Waals surface area contributed by atoms with Crippen LogP contribution in [0.15, 0.2) is 16.8 Å². The van der Waals surface area contributed by atoms with Crippen LogP contribution in [0.4, 0.5) is 5.69 Å². The molecular formula is C13H15N3O8. The van der Waals surface area contributed by atoms with Gasteiger partial charge in [-0.2, -0.15) is 0 Å². The highest BCUT2D eigenvalue weighted by Crippen LogP contribution is 2.32. The van der Waals surface area contributed by atoms with Crippen molar-refractivity contribution in [3.8, 4) is 0 Å². The first-order valence-corrected chi connectivity index (χ1v) is 7.13. The number of aliphatic hydroxyl groups is 4. The highest BCUT2D eigenvalue weighted by Gasteiger charge is 2.43. The fourth-order valence-corrected chi connectivity index (χ4v) is 2.85. The van der Waals surface area contributed by atoms with Crippen LogP contribution in [0.3, 0.4) is 0 Å². The maximum atomic E-state index is 11.0. The van der Waals surface area contributed by atoms with E-state index in [2.05, 4.69) is 14.9 Å². The van der Waals surface area contributed by atoms with Crippen molar-refractivity contribution in [3.05, 3.63) is 27.8 Å². The van der Waals surface area contributed by atoms with E-state index >= 15 is 0 Å². The van der Waals surface area contributed by atoms with Crippen LogP contribution >= 0.6 is 0 Å². The van der Waals surface area contributed by atoms with Gasteiger partial charge in [0, 0.05) is 12.0 Å². The van der Waals surface area contributed by atoms with Crippen molar-refractivity contribution in [3.63, 3.8) is 0 Å². The molecule has 0 saturated carbocycles. The largest absolute Gasteiger partial charge is 0.394 e. The van der Waals surface area contributed by atoms with Crippen molar-refractivity contribution in [1.82, 2.24) is 10.3 Å². The Balaban J connectivity index is 1.91. The third kappa shape index (κ3) is 2.72. The van der Waals surface area contributed by atoms with Gasteiger partial charge in [0.25, 0.3) is 0 Å². The van der Waals surface area contributed by atoms with Crippen molar-refractivity contribution in [1.29, 1.82) is 0 Å². The summed E-state index contributed by atoms with van der Waals surface area (Å²) in [5.74, 6) is -0.927. The molecule has 1 aromatic carbocycles. The van der Waals surface area contributed by atoms with E-state index in [-0.39, 0.29) is 23.1 Å². The Kier molecular flexibility index (Phi) is 4.43. The molecule has 4 N–H and O–H groups in total. The zero-order valence-electron chi connectivity index (χ0n) is 12.2. The van der Waals surface area contributed by atoms with Gasteiger partial charge < -0.3 is 25.2 Å². The lowest BCUT2D eigenvalue weighted by Gasteiger charge is -2.40. The predicted octanol–water partition coefficient (Wildman–Crippen LogP) is -1.28. The van der Waals surface area contributed by atoms with Gasteiger partial charge in [-0.3, -0.25) is 10.1 Å². The Hall–Kier alpha value is -2.18. The molecule has 0 bridgehead atoms. The number of fused-ring (bicyclic) bond motifs is 1. The van der Waals surface area contributed by atoms with E-state index in [0.717, 1.165) is 0 Å². The number of aliphatic hydroxyl groups excluding tert-OH is 4. The summed E-state index contributed by atoms with van der Waals surface area (Å²) >= 11 is 0. The molecule has 0 aliphatic carbocycles. The van der Waals surface area contributed by atoms with Gasteiger partial charge in [-0.1, -0.05) is 0 Å². The number of nitrogens with zero attached hydrogens (tertiary/aromatic N) is 3. The monoisotopic (exact) mass is 341 g/mol. The number of benzene rings is 1. The molecule has 0 radical (unpaired) electrons. The number of hydrogen-bond donors (Lipinski definition) is 4. The third-order valence-electron chi connectivity index (χ3n) is 4.16. The highest BCUT2D eigenvalue weighted by molar-refractivity contribution is 5.85. The van der Waals surface area contributed by atoms with Gasteiger partial charge in [0.15, 0.2) is 6.29 Å². The molecule has 1 aromatic heterocycles. The van der Waals surface area contributed by atoms with Crippen LogP contribution in [0.25, 0.3) is 11.0 Å². The van der Waals surface area contributed by atoms with Crippen molar-refractivity contribution in [2.75, 3.05) is 6.61 Å².